The van der Waals surface area contributed by atoms with E-state index in [1.807, 2.05) is 0 Å². The molecule has 0 aromatic carbocycles. The van der Waals surface area contributed by atoms with Gasteiger partial charge in [-0.1, -0.05) is 167 Å². The van der Waals surface area contributed by atoms with Crippen molar-refractivity contribution >= 4 is 21.6 Å². The van der Waals surface area contributed by atoms with Crippen molar-refractivity contribution in [2.75, 3.05) is 26.4 Å². The van der Waals surface area contributed by atoms with Crippen LogP contribution in [0.1, 0.15) is 199 Å². The Morgan fingerprint density at radius 1 is 0.810 bits per heavy atom. The third kappa shape index (κ3) is 27.0. The minimum absolute atomic E-state index is 0.0531. The van der Waals surface area contributed by atoms with Crippen LogP contribution in [0.4, 0.5) is 0 Å². The fraction of sp³-hybridized carbons (Fsp3) is 0.884. The van der Waals surface area contributed by atoms with Gasteiger partial charge in [-0.15, -0.1) is 0 Å². The molecular formula is C43H79N5O13P2. The van der Waals surface area contributed by atoms with Gasteiger partial charge in [0, 0.05) is 36.1 Å². The maximum atomic E-state index is 12.9. The molecule has 1 aliphatic rings. The highest BCUT2D eigenvalue weighted by molar-refractivity contribution is 7.61. The molecule has 20 heteroatoms. The Morgan fingerprint density at radius 2 is 1.30 bits per heavy atom. The number of unbranched alkanes of at least 4 members (excludes halogenated alkanes) is 23. The van der Waals surface area contributed by atoms with Crippen molar-refractivity contribution < 1.29 is 51.3 Å². The second-order valence-electron chi connectivity index (χ2n) is 16.8. The molecule has 0 aliphatic carbocycles. The number of azide groups is 1. The number of esters is 1. The van der Waals surface area contributed by atoms with E-state index in [-0.39, 0.29) is 25.0 Å². The highest BCUT2D eigenvalue weighted by Gasteiger charge is 2.41. The van der Waals surface area contributed by atoms with Crippen LogP contribution >= 0.6 is 15.6 Å². The second-order valence-corrected chi connectivity index (χ2v) is 19.8. The van der Waals surface area contributed by atoms with E-state index in [0.717, 1.165) is 49.5 Å². The molecule has 0 saturated carbocycles. The van der Waals surface area contributed by atoms with Gasteiger partial charge >= 0.3 is 27.3 Å². The van der Waals surface area contributed by atoms with Crippen LogP contribution in [0, 0.1) is 6.92 Å². The van der Waals surface area contributed by atoms with E-state index in [2.05, 4.69) is 33.2 Å². The lowest BCUT2D eigenvalue weighted by atomic mass is 10.0. The SMILES string of the molecule is CCCCCCCCCCCCCCCC(=O)OC(COCCCCCCCCCCCCCC)COP(=O)(O)OP(=O)(O)OCC1OC(n2cc(C)c(=O)[nH]c2=O)CC1N=[N+]=[N-]. The van der Waals surface area contributed by atoms with Crippen molar-refractivity contribution in [2.24, 2.45) is 5.11 Å². The number of phosphoric acid groups is 2. The lowest BCUT2D eigenvalue weighted by Gasteiger charge is -2.22. The molecule has 1 fully saturated rings. The van der Waals surface area contributed by atoms with Crippen molar-refractivity contribution in [3.63, 3.8) is 0 Å². The van der Waals surface area contributed by atoms with Crippen LogP contribution in [0.25, 0.3) is 10.4 Å². The summed E-state index contributed by atoms with van der Waals surface area (Å²) in [5, 5.41) is 3.61. The van der Waals surface area contributed by atoms with Crippen LogP contribution in [0.3, 0.4) is 0 Å². The molecular weight excluding hydrogens is 856 g/mol. The fourth-order valence-corrected chi connectivity index (χ4v) is 9.56. The lowest BCUT2D eigenvalue weighted by Crippen LogP contribution is -2.33. The summed E-state index contributed by atoms with van der Waals surface area (Å²) >= 11 is 0. The van der Waals surface area contributed by atoms with E-state index in [1.54, 1.807) is 0 Å². The molecule has 63 heavy (non-hydrogen) atoms. The van der Waals surface area contributed by atoms with Crippen molar-refractivity contribution in [1.29, 1.82) is 0 Å². The molecule has 0 radical (unpaired) electrons. The Labute approximate surface area is 374 Å². The summed E-state index contributed by atoms with van der Waals surface area (Å²) in [6.45, 7) is 4.76. The number of aryl methyl sites for hydroxylation is 1. The molecule has 1 aliphatic heterocycles. The number of ether oxygens (including phenoxy) is 3. The molecule has 0 amide bonds. The number of nitrogens with zero attached hydrogens (tertiary/aromatic N) is 4. The molecule has 3 N–H and O–H groups in total. The van der Waals surface area contributed by atoms with E-state index >= 15 is 0 Å². The zero-order valence-corrected chi connectivity index (χ0v) is 40.2. The molecule has 18 nitrogen and oxygen atoms in total. The molecule has 1 saturated heterocycles. The Hall–Kier alpha value is -2.36. The van der Waals surface area contributed by atoms with Crippen LogP contribution in [-0.4, -0.2) is 70.0 Å². The summed E-state index contributed by atoms with van der Waals surface area (Å²) in [6, 6.07) is -0.985. The quantitative estimate of drug-likeness (QED) is 0.0138. The number of carbonyl (C=O) groups is 1. The molecule has 0 spiro atoms. The average molecular weight is 936 g/mol. The number of aromatic nitrogens is 2. The highest BCUT2D eigenvalue weighted by atomic mass is 31.3. The first kappa shape index (κ1) is 56.8. The van der Waals surface area contributed by atoms with Gasteiger partial charge < -0.3 is 24.0 Å². The van der Waals surface area contributed by atoms with Crippen molar-refractivity contribution in [2.45, 2.75) is 219 Å². The molecule has 2 heterocycles. The Morgan fingerprint density at radius 3 is 1.83 bits per heavy atom. The van der Waals surface area contributed by atoms with E-state index in [9.17, 15) is 33.3 Å². The lowest BCUT2D eigenvalue weighted by molar-refractivity contribution is -0.154. The number of phosphoric ester groups is 2. The Bertz CT molecular complexity index is 1660. The number of hydrogen-bond donors (Lipinski definition) is 3. The topological polar surface area (TPSA) is 251 Å². The number of carbonyl (C=O) groups excluding carboxylic acids is 1. The van der Waals surface area contributed by atoms with E-state index in [0.29, 0.717) is 13.0 Å². The number of H-pyrrole nitrogens is 1. The van der Waals surface area contributed by atoms with Crippen LogP contribution in [0.15, 0.2) is 20.9 Å². The fourth-order valence-electron chi connectivity index (χ4n) is 7.45. The number of hydrogen-bond acceptors (Lipinski definition) is 12. The van der Waals surface area contributed by atoms with Gasteiger partial charge in [-0.05, 0) is 25.3 Å². The van der Waals surface area contributed by atoms with Crippen molar-refractivity contribution in [3.05, 3.63) is 43.0 Å². The Balaban J connectivity index is 1.84. The molecule has 1 aromatic rings. The average Bonchev–Trinajstić information content (AvgIpc) is 3.64. The zero-order valence-electron chi connectivity index (χ0n) is 38.4. The normalized spacial score (nSPS) is 18.7. The van der Waals surface area contributed by atoms with Gasteiger partial charge in [0.05, 0.1) is 32.0 Å². The first-order valence-electron chi connectivity index (χ1n) is 23.8. The molecule has 364 valence electrons. The minimum atomic E-state index is -5.31. The third-order valence-electron chi connectivity index (χ3n) is 11.1. The summed E-state index contributed by atoms with van der Waals surface area (Å²) in [7, 11) is -10.6. The first-order chi connectivity index (χ1) is 30.3. The maximum Gasteiger partial charge on any atom is 0.481 e. The maximum absolute atomic E-state index is 12.9. The van der Waals surface area contributed by atoms with Crippen molar-refractivity contribution in [1.82, 2.24) is 9.55 Å². The molecule has 1 aromatic heterocycles. The number of aromatic amines is 1. The standard InChI is InChI=1S/C43H79N5O13P2/c1-4-6-8-10-12-14-16-18-19-21-23-25-27-29-41(49)59-37(33-56-30-28-26-24-22-20-17-15-13-11-9-7-5-2)34-57-62(52,53)61-63(54,55)58-35-39-38(46-47-44)31-40(60-39)48-32-36(3)42(50)45-43(48)51/h32,37-40H,4-31,33-35H2,1-3H3,(H,52,53)(H,54,55)(H,45,50,51). The predicted molar refractivity (Wildman–Crippen MR) is 242 cm³/mol. The zero-order chi connectivity index (χ0) is 46.2. The van der Waals surface area contributed by atoms with Crippen LogP contribution < -0.4 is 11.2 Å². The summed E-state index contributed by atoms with van der Waals surface area (Å²) in [4.78, 5) is 62.7. The van der Waals surface area contributed by atoms with Gasteiger partial charge in [-0.3, -0.25) is 28.2 Å². The second kappa shape index (κ2) is 34.0. The molecule has 2 rings (SSSR count). The van der Waals surface area contributed by atoms with Gasteiger partial charge in [-0.25, -0.2) is 13.9 Å². The largest absolute Gasteiger partial charge is 0.481 e. The molecule has 6 unspecified atom stereocenters. The summed E-state index contributed by atoms with van der Waals surface area (Å²) < 4.78 is 58.3. The summed E-state index contributed by atoms with van der Waals surface area (Å²) in [5.74, 6) is -0.519. The third-order valence-corrected chi connectivity index (χ3v) is 13.7. The van der Waals surface area contributed by atoms with Crippen LogP contribution in [0.5, 0.6) is 0 Å². The van der Waals surface area contributed by atoms with E-state index in [4.69, 9.17) is 28.8 Å². The van der Waals surface area contributed by atoms with Crippen LogP contribution in [0.2, 0.25) is 0 Å². The van der Waals surface area contributed by atoms with Gasteiger partial charge in [0.15, 0.2) is 0 Å². The van der Waals surface area contributed by atoms with E-state index in [1.165, 1.54) is 122 Å². The highest BCUT2D eigenvalue weighted by Crippen LogP contribution is 2.60. The first-order valence-corrected chi connectivity index (χ1v) is 26.7. The minimum Gasteiger partial charge on any atom is -0.457 e. The summed E-state index contributed by atoms with van der Waals surface area (Å²) in [6.07, 6.45) is 27.4. The smallest absolute Gasteiger partial charge is 0.457 e. The summed E-state index contributed by atoms with van der Waals surface area (Å²) in [5.41, 5.74) is 7.89. The van der Waals surface area contributed by atoms with Gasteiger partial charge in [0.25, 0.3) is 5.56 Å². The van der Waals surface area contributed by atoms with Gasteiger partial charge in [0.1, 0.15) is 12.3 Å². The number of rotatable bonds is 40. The van der Waals surface area contributed by atoms with Gasteiger partial charge in [-0.2, -0.15) is 4.31 Å². The molecule has 0 bridgehead atoms. The predicted octanol–water partition coefficient (Wildman–Crippen LogP) is 11.2. The Kier molecular flexibility index (Phi) is 30.7. The van der Waals surface area contributed by atoms with Crippen molar-refractivity contribution in [3.8, 4) is 0 Å². The molecule has 6 atom stereocenters. The van der Waals surface area contributed by atoms with E-state index < -0.39 is 70.6 Å². The monoisotopic (exact) mass is 936 g/mol. The van der Waals surface area contributed by atoms with Gasteiger partial charge in [0.2, 0.25) is 0 Å². The van der Waals surface area contributed by atoms with Crippen LogP contribution in [-0.2, 0) is 41.5 Å². The number of nitrogens with one attached hydrogen (secondary N) is 1.